The van der Waals surface area contributed by atoms with Gasteiger partial charge >= 0.3 is 0 Å². The normalized spacial score (nSPS) is 18.0. The summed E-state index contributed by atoms with van der Waals surface area (Å²) in [5.41, 5.74) is 0.919. The van der Waals surface area contributed by atoms with Gasteiger partial charge in [-0.15, -0.1) is 24.0 Å². The summed E-state index contributed by atoms with van der Waals surface area (Å²) in [5.74, 6) is 2.22. The summed E-state index contributed by atoms with van der Waals surface area (Å²) < 4.78 is 10.9. The van der Waals surface area contributed by atoms with Crippen molar-refractivity contribution in [3.05, 3.63) is 18.2 Å². The van der Waals surface area contributed by atoms with E-state index in [-0.39, 0.29) is 24.0 Å². The third kappa shape index (κ3) is 5.70. The third-order valence-electron chi connectivity index (χ3n) is 4.13. The van der Waals surface area contributed by atoms with E-state index in [0.717, 1.165) is 29.7 Å². The van der Waals surface area contributed by atoms with Gasteiger partial charge in [0.15, 0.2) is 17.5 Å². The molecule has 136 valence electrons. The molecule has 1 aromatic carbocycles. The highest BCUT2D eigenvalue weighted by Gasteiger charge is 2.20. The molecule has 2 N–H and O–H groups in total. The molecule has 0 spiro atoms. The maximum Gasteiger partial charge on any atom is 0.195 e. The van der Waals surface area contributed by atoms with Gasteiger partial charge in [0.05, 0.1) is 13.7 Å². The van der Waals surface area contributed by atoms with Crippen LogP contribution in [0, 0.1) is 0 Å². The lowest BCUT2D eigenvalue weighted by Crippen LogP contribution is -2.40. The molecular formula is C17H29IN4O2. The molecule has 0 amide bonds. The Kier molecular flexibility index (Phi) is 9.20. The molecule has 0 radical (unpaired) electrons. The number of hydrogen-bond donors (Lipinski definition) is 2. The molecule has 1 aliphatic heterocycles. The molecule has 1 unspecified atom stereocenters. The van der Waals surface area contributed by atoms with Crippen LogP contribution in [0.4, 0.5) is 5.69 Å². The van der Waals surface area contributed by atoms with Crippen molar-refractivity contribution >= 4 is 35.6 Å². The van der Waals surface area contributed by atoms with E-state index < -0.39 is 0 Å². The first-order valence-corrected chi connectivity index (χ1v) is 8.16. The summed E-state index contributed by atoms with van der Waals surface area (Å²) in [4.78, 5) is 6.68. The Morgan fingerprint density at radius 3 is 2.75 bits per heavy atom. The minimum absolute atomic E-state index is 0. The van der Waals surface area contributed by atoms with Gasteiger partial charge in [0.1, 0.15) is 0 Å². The molecular weight excluding hydrogens is 419 g/mol. The average Bonchev–Trinajstić information content (AvgIpc) is 2.97. The van der Waals surface area contributed by atoms with Crippen LogP contribution in [0.1, 0.15) is 19.8 Å². The van der Waals surface area contributed by atoms with E-state index in [9.17, 15) is 0 Å². The number of aliphatic imine (C=N–C) groups is 1. The van der Waals surface area contributed by atoms with Crippen LogP contribution in [0.5, 0.6) is 11.5 Å². The van der Waals surface area contributed by atoms with Gasteiger partial charge in [-0.2, -0.15) is 0 Å². The first-order valence-electron chi connectivity index (χ1n) is 8.16. The van der Waals surface area contributed by atoms with Crippen LogP contribution < -0.4 is 20.1 Å². The zero-order valence-electron chi connectivity index (χ0n) is 15.0. The van der Waals surface area contributed by atoms with Crippen molar-refractivity contribution in [2.24, 2.45) is 4.99 Å². The van der Waals surface area contributed by atoms with Gasteiger partial charge in [0, 0.05) is 31.4 Å². The monoisotopic (exact) mass is 448 g/mol. The molecule has 1 fully saturated rings. The molecule has 1 atom stereocenters. The van der Waals surface area contributed by atoms with Gasteiger partial charge in [-0.25, -0.2) is 0 Å². The van der Waals surface area contributed by atoms with Crippen LogP contribution in [-0.4, -0.2) is 57.8 Å². The van der Waals surface area contributed by atoms with Gasteiger partial charge in [0.25, 0.3) is 0 Å². The molecule has 6 nitrogen and oxygen atoms in total. The number of rotatable bonds is 6. The maximum atomic E-state index is 5.61. The Balaban J connectivity index is 0.00000288. The SMILES string of the molecule is CCOc1cc(NC(=NC)NCC2CCCN2C)ccc1OC.I. The highest BCUT2D eigenvalue weighted by Crippen LogP contribution is 2.30. The number of halogens is 1. The number of likely N-dealkylation sites (tertiary alicyclic amines) is 1. The molecule has 2 rings (SSSR count). The van der Waals surface area contributed by atoms with Gasteiger partial charge < -0.3 is 25.0 Å². The summed E-state index contributed by atoms with van der Waals surface area (Å²) >= 11 is 0. The predicted octanol–water partition coefficient (Wildman–Crippen LogP) is 2.79. The number of anilines is 1. The Hall–Kier alpha value is -1.22. The van der Waals surface area contributed by atoms with Crippen molar-refractivity contribution < 1.29 is 9.47 Å². The first-order chi connectivity index (χ1) is 11.2. The highest BCUT2D eigenvalue weighted by molar-refractivity contribution is 14.0. The zero-order valence-corrected chi connectivity index (χ0v) is 17.3. The van der Waals surface area contributed by atoms with E-state index in [0.29, 0.717) is 12.6 Å². The van der Waals surface area contributed by atoms with E-state index >= 15 is 0 Å². The van der Waals surface area contributed by atoms with Crippen molar-refractivity contribution in [3.8, 4) is 11.5 Å². The molecule has 7 heteroatoms. The summed E-state index contributed by atoms with van der Waals surface area (Å²) in [7, 11) is 5.59. The lowest BCUT2D eigenvalue weighted by Gasteiger charge is -2.21. The smallest absolute Gasteiger partial charge is 0.195 e. The van der Waals surface area contributed by atoms with Crippen molar-refractivity contribution in [1.82, 2.24) is 10.2 Å². The van der Waals surface area contributed by atoms with Crippen LogP contribution in [0.3, 0.4) is 0 Å². The minimum atomic E-state index is 0. The van der Waals surface area contributed by atoms with E-state index in [1.807, 2.05) is 25.1 Å². The second kappa shape index (κ2) is 10.6. The lowest BCUT2D eigenvalue weighted by molar-refractivity contribution is 0.310. The fourth-order valence-corrected chi connectivity index (χ4v) is 2.79. The molecule has 0 aliphatic carbocycles. The van der Waals surface area contributed by atoms with Gasteiger partial charge in [-0.1, -0.05) is 0 Å². The number of nitrogens with one attached hydrogen (secondary N) is 2. The minimum Gasteiger partial charge on any atom is -0.493 e. The summed E-state index contributed by atoms with van der Waals surface area (Å²) in [6.07, 6.45) is 2.50. The third-order valence-corrected chi connectivity index (χ3v) is 4.13. The van der Waals surface area contributed by atoms with E-state index in [4.69, 9.17) is 9.47 Å². The van der Waals surface area contributed by atoms with Crippen LogP contribution in [0.15, 0.2) is 23.2 Å². The molecule has 1 saturated heterocycles. The van der Waals surface area contributed by atoms with E-state index in [1.165, 1.54) is 19.4 Å². The Labute approximate surface area is 162 Å². The second-order valence-electron chi connectivity index (χ2n) is 5.65. The largest absolute Gasteiger partial charge is 0.493 e. The Bertz CT molecular complexity index is 539. The highest BCUT2D eigenvalue weighted by atomic mass is 127. The molecule has 1 aliphatic rings. The standard InChI is InChI=1S/C17H28N4O2.HI/c1-5-23-16-11-13(8-9-15(16)22-4)20-17(18-2)19-12-14-7-6-10-21(14)3;/h8-9,11,14H,5-7,10,12H2,1-4H3,(H2,18,19,20);1H. The quantitative estimate of drug-likeness (QED) is 0.398. The van der Waals surface area contributed by atoms with Crippen LogP contribution in [-0.2, 0) is 0 Å². The van der Waals surface area contributed by atoms with Crippen molar-refractivity contribution in [2.45, 2.75) is 25.8 Å². The number of guanidine groups is 1. The molecule has 0 bridgehead atoms. The number of benzene rings is 1. The summed E-state index contributed by atoms with van der Waals surface area (Å²) in [6, 6.07) is 6.35. The zero-order chi connectivity index (χ0) is 16.7. The lowest BCUT2D eigenvalue weighted by atomic mass is 10.2. The van der Waals surface area contributed by atoms with Gasteiger partial charge in [-0.3, -0.25) is 4.99 Å². The number of nitrogens with zero attached hydrogens (tertiary/aromatic N) is 2. The first kappa shape index (κ1) is 20.8. The summed E-state index contributed by atoms with van der Waals surface area (Å²) in [5, 5.41) is 6.70. The number of likely N-dealkylation sites (N-methyl/N-ethyl adjacent to an activating group) is 1. The van der Waals surface area contributed by atoms with Crippen LogP contribution >= 0.6 is 24.0 Å². The number of hydrogen-bond acceptors (Lipinski definition) is 4. The average molecular weight is 448 g/mol. The van der Waals surface area contributed by atoms with Crippen molar-refractivity contribution in [3.63, 3.8) is 0 Å². The van der Waals surface area contributed by atoms with Gasteiger partial charge in [-0.05, 0) is 45.5 Å². The molecule has 24 heavy (non-hydrogen) atoms. The number of methoxy groups -OCH3 is 1. The van der Waals surface area contributed by atoms with E-state index in [2.05, 4.69) is 27.6 Å². The van der Waals surface area contributed by atoms with Crippen LogP contribution in [0.2, 0.25) is 0 Å². The van der Waals surface area contributed by atoms with Crippen molar-refractivity contribution in [1.29, 1.82) is 0 Å². The fraction of sp³-hybridized carbons (Fsp3) is 0.588. The molecule has 1 heterocycles. The van der Waals surface area contributed by atoms with Crippen LogP contribution in [0.25, 0.3) is 0 Å². The summed E-state index contributed by atoms with van der Waals surface area (Å²) in [6.45, 7) is 4.62. The Morgan fingerprint density at radius 2 is 2.17 bits per heavy atom. The van der Waals surface area contributed by atoms with Crippen molar-refractivity contribution in [2.75, 3.05) is 46.2 Å². The van der Waals surface area contributed by atoms with E-state index in [1.54, 1.807) is 14.2 Å². The fourth-order valence-electron chi connectivity index (χ4n) is 2.79. The topological polar surface area (TPSA) is 58.1 Å². The maximum absolute atomic E-state index is 5.61. The molecule has 0 saturated carbocycles. The predicted molar refractivity (Wildman–Crippen MR) is 110 cm³/mol. The molecule has 1 aromatic rings. The van der Waals surface area contributed by atoms with Gasteiger partial charge in [0.2, 0.25) is 0 Å². The number of ether oxygens (including phenoxy) is 2. The molecule has 0 aromatic heterocycles. The Morgan fingerprint density at radius 1 is 1.38 bits per heavy atom. The second-order valence-corrected chi connectivity index (χ2v) is 5.65.